The van der Waals surface area contributed by atoms with E-state index in [4.69, 9.17) is 4.74 Å². The van der Waals surface area contributed by atoms with E-state index in [0.717, 1.165) is 28.9 Å². The van der Waals surface area contributed by atoms with Gasteiger partial charge in [0.05, 0.1) is 4.83 Å². The van der Waals surface area contributed by atoms with Gasteiger partial charge in [-0.1, -0.05) is 34.1 Å². The molecule has 2 atom stereocenters. The van der Waals surface area contributed by atoms with Gasteiger partial charge in [0.25, 0.3) is 0 Å². The van der Waals surface area contributed by atoms with Crippen LogP contribution in [0.3, 0.4) is 0 Å². The molecule has 2 aromatic rings. The Bertz CT molecular complexity index is 633. The van der Waals surface area contributed by atoms with E-state index >= 15 is 0 Å². The maximum absolute atomic E-state index is 13.5. The Morgan fingerprint density at radius 3 is 2.75 bits per heavy atom. The molecule has 0 spiro atoms. The van der Waals surface area contributed by atoms with E-state index in [1.165, 1.54) is 5.56 Å². The number of hydrogen-bond acceptors (Lipinski definition) is 1. The van der Waals surface area contributed by atoms with Crippen molar-refractivity contribution in [3.8, 4) is 5.75 Å². The predicted molar refractivity (Wildman–Crippen MR) is 82.1 cm³/mol. The molecule has 0 amide bonds. The first-order valence-electron chi connectivity index (χ1n) is 6.73. The number of alkyl halides is 1. The Kier molecular flexibility index (Phi) is 3.55. The third-order valence-electron chi connectivity index (χ3n) is 3.57. The van der Waals surface area contributed by atoms with Gasteiger partial charge in [-0.25, -0.2) is 4.39 Å². The zero-order chi connectivity index (χ0) is 14.3. The van der Waals surface area contributed by atoms with E-state index in [1.807, 2.05) is 25.1 Å². The summed E-state index contributed by atoms with van der Waals surface area (Å²) in [5.41, 5.74) is 4.23. The molecule has 0 aliphatic carbocycles. The number of benzene rings is 2. The molecule has 0 fully saturated rings. The van der Waals surface area contributed by atoms with Crippen LogP contribution in [0.25, 0.3) is 0 Å². The van der Waals surface area contributed by atoms with Gasteiger partial charge < -0.3 is 4.74 Å². The molecule has 3 heteroatoms. The summed E-state index contributed by atoms with van der Waals surface area (Å²) in [5, 5.41) is 0. The standard InChI is InChI=1S/C17H16BrFO/c1-10-5-14(9-15(19)6-10)17(18)12-3-4-16-13(8-12)7-11(2)20-16/h3-6,8-9,11,17H,7H2,1-2H3. The van der Waals surface area contributed by atoms with Gasteiger partial charge in [-0.3, -0.25) is 0 Å². The zero-order valence-corrected chi connectivity index (χ0v) is 13.1. The van der Waals surface area contributed by atoms with Crippen LogP contribution in [-0.2, 0) is 6.42 Å². The molecule has 1 nitrogen and oxygen atoms in total. The first-order chi connectivity index (χ1) is 9.52. The third kappa shape index (κ3) is 2.59. The van der Waals surface area contributed by atoms with Crippen LogP contribution in [0.2, 0.25) is 0 Å². The summed E-state index contributed by atoms with van der Waals surface area (Å²) in [6.07, 6.45) is 1.18. The molecule has 0 saturated carbocycles. The monoisotopic (exact) mass is 334 g/mol. The molecule has 3 rings (SSSR count). The maximum atomic E-state index is 13.5. The zero-order valence-electron chi connectivity index (χ0n) is 11.5. The lowest BCUT2D eigenvalue weighted by Gasteiger charge is -2.13. The van der Waals surface area contributed by atoms with Crippen molar-refractivity contribution in [2.45, 2.75) is 31.2 Å². The normalized spacial score (nSPS) is 18.5. The SMILES string of the molecule is Cc1cc(F)cc(C(Br)c2ccc3c(c2)CC(C)O3)c1. The van der Waals surface area contributed by atoms with Gasteiger partial charge in [0, 0.05) is 6.42 Å². The minimum Gasteiger partial charge on any atom is -0.490 e. The molecule has 0 aromatic heterocycles. The smallest absolute Gasteiger partial charge is 0.123 e. The maximum Gasteiger partial charge on any atom is 0.123 e. The fourth-order valence-corrected chi connectivity index (χ4v) is 3.25. The lowest BCUT2D eigenvalue weighted by atomic mass is 10.00. The van der Waals surface area contributed by atoms with Gasteiger partial charge in [0.15, 0.2) is 0 Å². The molecular formula is C17H16BrFO. The van der Waals surface area contributed by atoms with E-state index in [9.17, 15) is 4.39 Å². The molecule has 2 aromatic carbocycles. The predicted octanol–water partition coefficient (Wildman–Crippen LogP) is 4.94. The minimum absolute atomic E-state index is 0.00175. The summed E-state index contributed by atoms with van der Waals surface area (Å²) < 4.78 is 19.2. The van der Waals surface area contributed by atoms with Gasteiger partial charge in [-0.05, 0) is 54.3 Å². The van der Waals surface area contributed by atoms with Gasteiger partial charge in [0.1, 0.15) is 17.7 Å². The van der Waals surface area contributed by atoms with E-state index in [1.54, 1.807) is 12.1 Å². The highest BCUT2D eigenvalue weighted by molar-refractivity contribution is 9.09. The first-order valence-corrected chi connectivity index (χ1v) is 7.65. The van der Waals surface area contributed by atoms with Crippen LogP contribution in [-0.4, -0.2) is 6.10 Å². The van der Waals surface area contributed by atoms with Crippen molar-refractivity contribution in [2.75, 3.05) is 0 Å². The fraction of sp³-hybridized carbons (Fsp3) is 0.294. The van der Waals surface area contributed by atoms with Crippen LogP contribution in [0.4, 0.5) is 4.39 Å². The summed E-state index contributed by atoms with van der Waals surface area (Å²) in [5.74, 6) is 0.777. The Labute approximate surface area is 126 Å². The van der Waals surface area contributed by atoms with E-state index < -0.39 is 0 Å². The highest BCUT2D eigenvalue weighted by Gasteiger charge is 2.21. The molecule has 104 valence electrons. The molecule has 0 N–H and O–H groups in total. The quantitative estimate of drug-likeness (QED) is 0.706. The fourth-order valence-electron chi connectivity index (χ4n) is 2.70. The number of rotatable bonds is 2. The number of halogens is 2. The molecule has 2 unspecified atom stereocenters. The topological polar surface area (TPSA) is 9.23 Å². The van der Waals surface area contributed by atoms with Crippen molar-refractivity contribution in [3.63, 3.8) is 0 Å². The second-order valence-electron chi connectivity index (χ2n) is 5.42. The molecule has 20 heavy (non-hydrogen) atoms. The largest absolute Gasteiger partial charge is 0.490 e. The van der Waals surface area contributed by atoms with Crippen molar-refractivity contribution < 1.29 is 9.13 Å². The number of fused-ring (bicyclic) bond motifs is 1. The van der Waals surface area contributed by atoms with Crippen molar-refractivity contribution in [1.82, 2.24) is 0 Å². The highest BCUT2D eigenvalue weighted by atomic mass is 79.9. The molecule has 0 saturated heterocycles. The number of ether oxygens (including phenoxy) is 1. The Hall–Kier alpha value is -1.35. The molecule has 1 heterocycles. The van der Waals surface area contributed by atoms with E-state index in [2.05, 4.69) is 28.9 Å². The molecular weight excluding hydrogens is 319 g/mol. The van der Waals surface area contributed by atoms with Crippen molar-refractivity contribution in [2.24, 2.45) is 0 Å². The lowest BCUT2D eigenvalue weighted by molar-refractivity contribution is 0.254. The third-order valence-corrected chi connectivity index (χ3v) is 4.63. The summed E-state index contributed by atoms with van der Waals surface area (Å²) >= 11 is 3.68. The summed E-state index contributed by atoms with van der Waals surface area (Å²) in [4.78, 5) is -0.00175. The highest BCUT2D eigenvalue weighted by Crippen LogP contribution is 2.36. The molecule has 1 aliphatic heterocycles. The Balaban J connectivity index is 1.95. The van der Waals surface area contributed by atoms with Crippen molar-refractivity contribution in [1.29, 1.82) is 0 Å². The summed E-state index contributed by atoms with van der Waals surface area (Å²) in [7, 11) is 0. The van der Waals surface area contributed by atoms with Crippen LogP contribution in [0.1, 0.15) is 34.0 Å². The molecule has 0 bridgehead atoms. The van der Waals surface area contributed by atoms with Gasteiger partial charge in [-0.15, -0.1) is 0 Å². The van der Waals surface area contributed by atoms with Gasteiger partial charge >= 0.3 is 0 Å². The van der Waals surface area contributed by atoms with Crippen LogP contribution >= 0.6 is 15.9 Å². The van der Waals surface area contributed by atoms with Crippen LogP contribution < -0.4 is 4.74 Å². The molecule has 0 radical (unpaired) electrons. The van der Waals surface area contributed by atoms with Crippen LogP contribution in [0, 0.1) is 12.7 Å². The minimum atomic E-state index is -0.192. The van der Waals surface area contributed by atoms with Gasteiger partial charge in [0.2, 0.25) is 0 Å². The van der Waals surface area contributed by atoms with Gasteiger partial charge in [-0.2, -0.15) is 0 Å². The lowest BCUT2D eigenvalue weighted by Crippen LogP contribution is -2.05. The van der Waals surface area contributed by atoms with Crippen molar-refractivity contribution >= 4 is 15.9 Å². The Morgan fingerprint density at radius 1 is 1.20 bits per heavy atom. The Morgan fingerprint density at radius 2 is 2.00 bits per heavy atom. The summed E-state index contributed by atoms with van der Waals surface area (Å²) in [6, 6.07) is 11.3. The number of hydrogen-bond donors (Lipinski definition) is 0. The average molecular weight is 335 g/mol. The average Bonchev–Trinajstić information content (AvgIpc) is 2.75. The number of aryl methyl sites for hydroxylation is 1. The summed E-state index contributed by atoms with van der Waals surface area (Å²) in [6.45, 7) is 3.98. The van der Waals surface area contributed by atoms with E-state index in [0.29, 0.717) is 0 Å². The van der Waals surface area contributed by atoms with Crippen LogP contribution in [0.15, 0.2) is 36.4 Å². The first kappa shape index (κ1) is 13.6. The molecule has 1 aliphatic rings. The second-order valence-corrected chi connectivity index (χ2v) is 6.34. The van der Waals surface area contributed by atoms with Crippen molar-refractivity contribution in [3.05, 3.63) is 64.5 Å². The second kappa shape index (κ2) is 5.21. The van der Waals surface area contributed by atoms with E-state index in [-0.39, 0.29) is 16.7 Å². The van der Waals surface area contributed by atoms with Crippen LogP contribution in [0.5, 0.6) is 5.75 Å².